The lowest BCUT2D eigenvalue weighted by molar-refractivity contribution is -0.137. The van der Waals surface area contributed by atoms with E-state index in [9.17, 15) is 13.2 Å². The summed E-state index contributed by atoms with van der Waals surface area (Å²) >= 11 is 0. The van der Waals surface area contributed by atoms with Crippen molar-refractivity contribution in [3.05, 3.63) is 101 Å². The van der Waals surface area contributed by atoms with Gasteiger partial charge in [-0.2, -0.15) is 13.2 Å². The van der Waals surface area contributed by atoms with Crippen LogP contribution < -0.4 is 5.32 Å². The normalized spacial score (nSPS) is 20.5. The van der Waals surface area contributed by atoms with E-state index in [2.05, 4.69) is 44.0 Å². The van der Waals surface area contributed by atoms with E-state index in [4.69, 9.17) is 5.41 Å². The van der Waals surface area contributed by atoms with Gasteiger partial charge < -0.3 is 10.7 Å². The molecule has 0 saturated heterocycles. The first-order chi connectivity index (χ1) is 16.5. The van der Waals surface area contributed by atoms with E-state index in [1.807, 2.05) is 25.3 Å². The molecule has 0 spiro atoms. The number of benzene rings is 1. The summed E-state index contributed by atoms with van der Waals surface area (Å²) in [6.45, 7) is 12.0. The van der Waals surface area contributed by atoms with Crippen molar-refractivity contribution in [3.63, 3.8) is 0 Å². The van der Waals surface area contributed by atoms with Gasteiger partial charge in [0.1, 0.15) is 0 Å². The standard InChI is InChI=1S/C30H35F3N2/c1-6-21-8-10-22(11-9-21)29(16-19(3)4)35-18-27-24(7-2)26(14-15-28(27)34)25-13-12-23(17-20(25)5)30(31,32)33/h6,8,10-15,17-19,21,29,34-35H,1,7,9,16H2,2-5H3/b27-18-,34-28?. The fraction of sp³-hybridized carbons (Fsp3) is 0.367. The third kappa shape index (κ3) is 6.33. The van der Waals surface area contributed by atoms with E-state index in [1.165, 1.54) is 11.6 Å². The molecule has 3 rings (SSSR count). The van der Waals surface area contributed by atoms with Gasteiger partial charge in [-0.3, -0.25) is 0 Å². The molecule has 2 aliphatic carbocycles. The molecule has 0 heterocycles. The number of halogens is 3. The molecule has 35 heavy (non-hydrogen) atoms. The van der Waals surface area contributed by atoms with E-state index in [0.29, 0.717) is 29.5 Å². The van der Waals surface area contributed by atoms with Crippen LogP contribution in [-0.4, -0.2) is 11.8 Å². The second-order valence-corrected chi connectivity index (χ2v) is 9.63. The predicted molar refractivity (Wildman–Crippen MR) is 140 cm³/mol. The van der Waals surface area contributed by atoms with E-state index >= 15 is 0 Å². The smallest absolute Gasteiger partial charge is 0.384 e. The first-order valence-electron chi connectivity index (χ1n) is 12.2. The van der Waals surface area contributed by atoms with E-state index in [1.54, 1.807) is 19.1 Å². The Balaban J connectivity index is 1.97. The lowest BCUT2D eigenvalue weighted by Crippen LogP contribution is -2.29. The number of rotatable bonds is 8. The molecule has 0 bridgehead atoms. The van der Waals surface area contributed by atoms with Crippen molar-refractivity contribution in [2.45, 2.75) is 59.2 Å². The van der Waals surface area contributed by atoms with E-state index in [0.717, 1.165) is 41.2 Å². The molecule has 0 aromatic heterocycles. The molecule has 5 heteroatoms. The SMILES string of the molecule is C=CC1C=CC(C(CC(C)C)N/C=C2\C(=N)C=CC(c3ccc(C(F)(F)F)cc3C)=C2CC)=CC1. The molecule has 2 unspecified atom stereocenters. The zero-order valence-electron chi connectivity index (χ0n) is 21.0. The maximum Gasteiger partial charge on any atom is 0.416 e. The first-order valence-corrected chi connectivity index (χ1v) is 12.2. The summed E-state index contributed by atoms with van der Waals surface area (Å²) in [6, 6.07) is 3.98. The minimum atomic E-state index is -4.37. The minimum absolute atomic E-state index is 0.109. The lowest BCUT2D eigenvalue weighted by atomic mass is 9.84. The number of aryl methyl sites for hydroxylation is 1. The molecule has 2 atom stereocenters. The van der Waals surface area contributed by atoms with Gasteiger partial charge in [-0.15, -0.1) is 6.58 Å². The highest BCUT2D eigenvalue weighted by Crippen LogP contribution is 2.36. The van der Waals surface area contributed by atoms with Crippen LogP contribution in [0.1, 0.15) is 56.7 Å². The van der Waals surface area contributed by atoms with Crippen LogP contribution in [-0.2, 0) is 6.18 Å². The Hall–Kier alpha value is -3.08. The minimum Gasteiger partial charge on any atom is -0.384 e. The van der Waals surface area contributed by atoms with E-state index < -0.39 is 11.7 Å². The van der Waals surface area contributed by atoms with Crippen LogP contribution in [0.25, 0.3) is 5.57 Å². The van der Waals surface area contributed by atoms with Crippen molar-refractivity contribution in [1.29, 1.82) is 5.41 Å². The molecule has 1 aromatic rings. The van der Waals surface area contributed by atoms with Gasteiger partial charge in [-0.25, -0.2) is 0 Å². The Morgan fingerprint density at radius 3 is 2.49 bits per heavy atom. The average molecular weight is 481 g/mol. The third-order valence-corrected chi connectivity index (χ3v) is 6.56. The largest absolute Gasteiger partial charge is 0.416 e. The van der Waals surface area contributed by atoms with Crippen molar-refractivity contribution in [3.8, 4) is 0 Å². The van der Waals surface area contributed by atoms with Crippen LogP contribution in [0.3, 0.4) is 0 Å². The molecule has 0 fully saturated rings. The molecular weight excluding hydrogens is 445 g/mol. The van der Waals surface area contributed by atoms with Crippen molar-refractivity contribution >= 4 is 11.3 Å². The summed E-state index contributed by atoms with van der Waals surface area (Å²) in [5, 5.41) is 12.1. The zero-order chi connectivity index (χ0) is 25.8. The molecule has 0 radical (unpaired) electrons. The summed E-state index contributed by atoms with van der Waals surface area (Å²) in [5.41, 5.74) is 4.91. The molecule has 0 amide bonds. The highest BCUT2D eigenvalue weighted by atomic mass is 19.4. The van der Waals surface area contributed by atoms with Gasteiger partial charge in [0.25, 0.3) is 0 Å². The molecular formula is C30H35F3N2. The third-order valence-electron chi connectivity index (χ3n) is 6.56. The van der Waals surface area contributed by atoms with E-state index in [-0.39, 0.29) is 6.04 Å². The van der Waals surface area contributed by atoms with Crippen LogP contribution in [0.2, 0.25) is 0 Å². The monoisotopic (exact) mass is 480 g/mol. The summed E-state index contributed by atoms with van der Waals surface area (Å²) in [4.78, 5) is 0. The number of hydrogen-bond donors (Lipinski definition) is 2. The molecule has 186 valence electrons. The highest BCUT2D eigenvalue weighted by Gasteiger charge is 2.31. The number of nitrogens with one attached hydrogen (secondary N) is 2. The average Bonchev–Trinajstić information content (AvgIpc) is 2.81. The Morgan fingerprint density at radius 1 is 1.20 bits per heavy atom. The molecule has 2 aliphatic rings. The Kier molecular flexibility index (Phi) is 8.42. The summed E-state index contributed by atoms with van der Waals surface area (Å²) < 4.78 is 39.5. The summed E-state index contributed by atoms with van der Waals surface area (Å²) in [6.07, 6.45) is 12.2. The highest BCUT2D eigenvalue weighted by molar-refractivity contribution is 6.14. The quantitative estimate of drug-likeness (QED) is 0.360. The van der Waals surface area contributed by atoms with Crippen LogP contribution in [0, 0.1) is 24.2 Å². The van der Waals surface area contributed by atoms with Gasteiger partial charge in [-0.1, -0.05) is 57.2 Å². The second-order valence-electron chi connectivity index (χ2n) is 9.63. The maximum absolute atomic E-state index is 13.2. The van der Waals surface area contributed by atoms with Gasteiger partial charge in [0, 0.05) is 11.8 Å². The Morgan fingerprint density at radius 2 is 1.94 bits per heavy atom. The molecule has 1 aromatic carbocycles. The lowest BCUT2D eigenvalue weighted by Gasteiger charge is -2.26. The van der Waals surface area contributed by atoms with Gasteiger partial charge in [0.2, 0.25) is 0 Å². The molecule has 2 nitrogen and oxygen atoms in total. The van der Waals surface area contributed by atoms with Gasteiger partial charge in [-0.05, 0) is 84.1 Å². The van der Waals surface area contributed by atoms with Crippen LogP contribution in [0.15, 0.2) is 84.2 Å². The second kappa shape index (κ2) is 11.1. The maximum atomic E-state index is 13.2. The van der Waals surface area contributed by atoms with Gasteiger partial charge in [0.05, 0.1) is 17.3 Å². The van der Waals surface area contributed by atoms with Crippen molar-refractivity contribution in [2.24, 2.45) is 11.8 Å². The zero-order valence-corrected chi connectivity index (χ0v) is 21.0. The molecule has 0 aliphatic heterocycles. The summed E-state index contributed by atoms with van der Waals surface area (Å²) in [5.74, 6) is 0.840. The number of alkyl halides is 3. The fourth-order valence-electron chi connectivity index (χ4n) is 4.65. The first kappa shape index (κ1) is 26.5. The predicted octanol–water partition coefficient (Wildman–Crippen LogP) is 8.34. The number of allylic oxidation sites excluding steroid dienone is 8. The fourth-order valence-corrected chi connectivity index (χ4v) is 4.65. The van der Waals surface area contributed by atoms with Crippen molar-refractivity contribution in [1.82, 2.24) is 5.32 Å². The van der Waals surface area contributed by atoms with Crippen LogP contribution in [0.4, 0.5) is 13.2 Å². The topological polar surface area (TPSA) is 35.9 Å². The van der Waals surface area contributed by atoms with Gasteiger partial charge in [0.15, 0.2) is 0 Å². The summed E-state index contributed by atoms with van der Waals surface area (Å²) in [7, 11) is 0. The molecule has 0 saturated carbocycles. The van der Waals surface area contributed by atoms with Crippen molar-refractivity contribution in [2.75, 3.05) is 0 Å². The molecule has 2 N–H and O–H groups in total. The van der Waals surface area contributed by atoms with Crippen LogP contribution >= 0.6 is 0 Å². The Labute approximate surface area is 207 Å². The number of hydrogen-bond acceptors (Lipinski definition) is 2. The van der Waals surface area contributed by atoms with Crippen LogP contribution in [0.5, 0.6) is 0 Å². The van der Waals surface area contributed by atoms with Crippen molar-refractivity contribution < 1.29 is 13.2 Å². The Bertz CT molecular complexity index is 1130. The van der Waals surface area contributed by atoms with Gasteiger partial charge >= 0.3 is 6.18 Å².